The van der Waals surface area contributed by atoms with Crippen LogP contribution in [0.4, 0.5) is 5.69 Å². The van der Waals surface area contributed by atoms with Gasteiger partial charge in [-0.05, 0) is 42.8 Å². The second-order valence-corrected chi connectivity index (χ2v) is 8.94. The quantitative estimate of drug-likeness (QED) is 0.498. The van der Waals surface area contributed by atoms with Gasteiger partial charge >= 0.3 is 0 Å². The third-order valence-corrected chi connectivity index (χ3v) is 6.07. The molecule has 3 heterocycles. The van der Waals surface area contributed by atoms with E-state index in [1.165, 1.54) is 11.8 Å². The molecule has 2 aromatic carbocycles. The molecule has 0 fully saturated rings. The Morgan fingerprint density at radius 2 is 1.91 bits per heavy atom. The van der Waals surface area contributed by atoms with E-state index in [0.29, 0.717) is 39.8 Å². The molecule has 0 saturated carbocycles. The van der Waals surface area contributed by atoms with E-state index in [4.69, 9.17) is 14.0 Å². The molecule has 33 heavy (non-hydrogen) atoms. The summed E-state index contributed by atoms with van der Waals surface area (Å²) in [7, 11) is 0. The molecule has 0 N–H and O–H groups in total. The van der Waals surface area contributed by atoms with E-state index >= 15 is 0 Å². The van der Waals surface area contributed by atoms with Crippen LogP contribution in [0.25, 0.3) is 6.08 Å². The van der Waals surface area contributed by atoms with E-state index in [2.05, 4.69) is 15.1 Å². The molecule has 0 aliphatic carbocycles. The summed E-state index contributed by atoms with van der Waals surface area (Å²) in [5.41, 5.74) is 3.00. The van der Waals surface area contributed by atoms with Crippen LogP contribution in [0.15, 0.2) is 57.7 Å². The number of carbonyl (C=O) groups is 1. The molecular formula is C24H22N4O4S. The summed E-state index contributed by atoms with van der Waals surface area (Å²) < 4.78 is 16.2. The number of aromatic nitrogens is 2. The minimum Gasteiger partial charge on any atom is -0.454 e. The molecule has 0 unspecified atom stereocenters. The normalized spacial score (nSPS) is 16.2. The predicted octanol–water partition coefficient (Wildman–Crippen LogP) is 4.91. The number of rotatable bonds is 5. The van der Waals surface area contributed by atoms with E-state index in [1.54, 1.807) is 11.0 Å². The Kier molecular flexibility index (Phi) is 5.63. The maximum atomic E-state index is 13.4. The number of anilines is 1. The Labute approximate surface area is 195 Å². The first-order valence-electron chi connectivity index (χ1n) is 10.5. The van der Waals surface area contributed by atoms with Gasteiger partial charge in [-0.1, -0.05) is 54.5 Å². The summed E-state index contributed by atoms with van der Waals surface area (Å²) in [6, 6.07) is 13.3. The lowest BCUT2D eigenvalue weighted by molar-refractivity contribution is -0.113. The van der Waals surface area contributed by atoms with Gasteiger partial charge in [0.15, 0.2) is 22.5 Å². The lowest BCUT2D eigenvalue weighted by Crippen LogP contribution is -2.30. The summed E-state index contributed by atoms with van der Waals surface area (Å²) in [6.45, 7) is 6.22. The van der Waals surface area contributed by atoms with Crippen molar-refractivity contribution in [3.63, 3.8) is 0 Å². The first-order valence-corrected chi connectivity index (χ1v) is 11.5. The third kappa shape index (κ3) is 4.36. The number of amides is 1. The molecule has 3 aromatic rings. The summed E-state index contributed by atoms with van der Waals surface area (Å²) in [4.78, 5) is 24.1. The number of ether oxygens (including phenoxy) is 2. The number of amidine groups is 1. The average molecular weight is 463 g/mol. The number of fused-ring (bicyclic) bond motifs is 1. The van der Waals surface area contributed by atoms with Crippen LogP contribution in [-0.2, 0) is 10.5 Å². The second-order valence-electron chi connectivity index (χ2n) is 8.00. The lowest BCUT2D eigenvalue weighted by atomic mass is 10.1. The molecule has 2 aliphatic heterocycles. The van der Waals surface area contributed by atoms with Crippen LogP contribution in [0.3, 0.4) is 0 Å². The smallest absolute Gasteiger partial charge is 0.283 e. The van der Waals surface area contributed by atoms with Crippen LogP contribution >= 0.6 is 11.8 Å². The number of aryl methyl sites for hydroxylation is 1. The molecule has 8 nitrogen and oxygen atoms in total. The highest BCUT2D eigenvalue weighted by molar-refractivity contribution is 8.13. The first kappa shape index (κ1) is 21.3. The van der Waals surface area contributed by atoms with Gasteiger partial charge < -0.3 is 14.0 Å². The molecule has 1 aromatic heterocycles. The van der Waals surface area contributed by atoms with Crippen LogP contribution in [0, 0.1) is 6.92 Å². The molecule has 0 spiro atoms. The van der Waals surface area contributed by atoms with E-state index in [-0.39, 0.29) is 18.6 Å². The maximum Gasteiger partial charge on any atom is 0.283 e. The molecule has 168 valence electrons. The second kappa shape index (κ2) is 8.74. The van der Waals surface area contributed by atoms with E-state index in [0.717, 1.165) is 16.8 Å². The zero-order valence-corrected chi connectivity index (χ0v) is 19.3. The monoisotopic (exact) mass is 462 g/mol. The van der Waals surface area contributed by atoms with Crippen molar-refractivity contribution in [3.8, 4) is 11.5 Å². The Morgan fingerprint density at radius 3 is 2.67 bits per heavy atom. The van der Waals surface area contributed by atoms with Crippen molar-refractivity contribution in [2.24, 2.45) is 4.99 Å². The van der Waals surface area contributed by atoms with Gasteiger partial charge in [0, 0.05) is 5.92 Å². The molecule has 0 radical (unpaired) electrons. The van der Waals surface area contributed by atoms with Crippen LogP contribution in [-0.4, -0.2) is 28.0 Å². The molecule has 0 atom stereocenters. The fraction of sp³-hybridized carbons (Fsp3) is 0.250. The third-order valence-electron chi connectivity index (χ3n) is 5.15. The minimum atomic E-state index is -0.201. The summed E-state index contributed by atoms with van der Waals surface area (Å²) in [5.74, 6) is 2.89. The number of aliphatic imine (C=N–C) groups is 1. The van der Waals surface area contributed by atoms with Gasteiger partial charge in [-0.2, -0.15) is 4.98 Å². The van der Waals surface area contributed by atoms with E-state index in [9.17, 15) is 4.79 Å². The minimum absolute atomic E-state index is 0.179. The van der Waals surface area contributed by atoms with Crippen LogP contribution < -0.4 is 14.4 Å². The van der Waals surface area contributed by atoms with Gasteiger partial charge in [0.2, 0.25) is 12.7 Å². The Bertz CT molecular complexity index is 1260. The molecule has 1 amide bonds. The highest BCUT2D eigenvalue weighted by Gasteiger charge is 2.32. The van der Waals surface area contributed by atoms with Crippen molar-refractivity contribution in [3.05, 3.63) is 71.0 Å². The van der Waals surface area contributed by atoms with Crippen LogP contribution in [0.2, 0.25) is 0 Å². The van der Waals surface area contributed by atoms with Crippen molar-refractivity contribution in [2.45, 2.75) is 32.4 Å². The maximum absolute atomic E-state index is 13.4. The molecular weight excluding hydrogens is 440 g/mol. The van der Waals surface area contributed by atoms with E-state index in [1.807, 2.05) is 63.2 Å². The Hall–Kier alpha value is -3.59. The summed E-state index contributed by atoms with van der Waals surface area (Å²) >= 11 is 1.38. The van der Waals surface area contributed by atoms with Crippen molar-refractivity contribution >= 4 is 34.6 Å². The number of nitrogens with zero attached hydrogens (tertiary/aromatic N) is 4. The number of carbonyl (C=O) groups excluding carboxylic acids is 1. The highest BCUT2D eigenvalue weighted by atomic mass is 32.2. The molecule has 5 rings (SSSR count). The van der Waals surface area contributed by atoms with Gasteiger partial charge in [-0.25, -0.2) is 4.99 Å². The predicted molar refractivity (Wildman–Crippen MR) is 126 cm³/mol. The van der Waals surface area contributed by atoms with Crippen molar-refractivity contribution in [1.29, 1.82) is 0 Å². The number of thioether (sulfide) groups is 1. The van der Waals surface area contributed by atoms with Crippen molar-refractivity contribution in [1.82, 2.24) is 10.1 Å². The van der Waals surface area contributed by atoms with Gasteiger partial charge in [0.1, 0.15) is 5.70 Å². The van der Waals surface area contributed by atoms with Gasteiger partial charge in [0.25, 0.3) is 5.91 Å². The van der Waals surface area contributed by atoms with E-state index < -0.39 is 0 Å². The van der Waals surface area contributed by atoms with Crippen molar-refractivity contribution < 1.29 is 18.8 Å². The summed E-state index contributed by atoms with van der Waals surface area (Å²) in [6.07, 6.45) is 1.75. The van der Waals surface area contributed by atoms with Gasteiger partial charge in [0.05, 0.1) is 11.4 Å². The zero-order valence-electron chi connectivity index (χ0n) is 18.4. The average Bonchev–Trinajstić information content (AvgIpc) is 3.53. The SMILES string of the molecule is Cc1ccc(N2C(=O)/C(=C/c3ccc4c(c3)OCO4)N=C2SCc2nc(C(C)C)no2)cc1. The van der Waals surface area contributed by atoms with Crippen molar-refractivity contribution in [2.75, 3.05) is 11.7 Å². The number of hydrogen-bond acceptors (Lipinski definition) is 8. The topological polar surface area (TPSA) is 90.1 Å². The molecule has 0 saturated heterocycles. The number of hydrogen-bond donors (Lipinski definition) is 0. The first-order chi connectivity index (χ1) is 16.0. The molecule has 0 bridgehead atoms. The van der Waals surface area contributed by atoms with Crippen LogP contribution in [0.5, 0.6) is 11.5 Å². The standard InChI is InChI=1S/C24H22N4O4S/c1-14(2)22-26-21(32-27-22)12-33-24-25-18(10-16-6-9-19-20(11-16)31-13-30-19)23(29)28(24)17-7-4-15(3)5-8-17/h4-11,14H,12-13H2,1-3H3/b18-10-. The van der Waals surface area contributed by atoms with Crippen LogP contribution in [0.1, 0.15) is 42.6 Å². The lowest BCUT2D eigenvalue weighted by Gasteiger charge is -2.17. The Balaban J connectivity index is 1.44. The largest absolute Gasteiger partial charge is 0.454 e. The summed E-state index contributed by atoms with van der Waals surface area (Å²) in [5, 5.41) is 4.56. The molecule has 9 heteroatoms. The van der Waals surface area contributed by atoms with Gasteiger partial charge in [-0.15, -0.1) is 0 Å². The molecule has 2 aliphatic rings. The number of benzene rings is 2. The fourth-order valence-corrected chi connectivity index (χ4v) is 4.21. The highest BCUT2D eigenvalue weighted by Crippen LogP contribution is 2.35. The fourth-order valence-electron chi connectivity index (χ4n) is 3.36. The zero-order chi connectivity index (χ0) is 22.9. The van der Waals surface area contributed by atoms with Gasteiger partial charge in [-0.3, -0.25) is 9.69 Å². The Morgan fingerprint density at radius 1 is 1.12 bits per heavy atom.